The van der Waals surface area contributed by atoms with Crippen molar-refractivity contribution in [3.8, 4) is 0 Å². The van der Waals surface area contributed by atoms with Crippen molar-refractivity contribution < 1.29 is 13.2 Å². The molecule has 8 heteroatoms. The molecule has 2 atom stereocenters. The van der Waals surface area contributed by atoms with Crippen LogP contribution in [0.2, 0.25) is 0 Å². The van der Waals surface area contributed by atoms with E-state index in [1.165, 1.54) is 23.8 Å². The second-order valence-corrected chi connectivity index (χ2v) is 11.7. The molecule has 2 unspecified atom stereocenters. The summed E-state index contributed by atoms with van der Waals surface area (Å²) in [6.45, 7) is 13.1. The van der Waals surface area contributed by atoms with E-state index in [0.29, 0.717) is 44.2 Å². The molecule has 0 radical (unpaired) electrons. The van der Waals surface area contributed by atoms with E-state index >= 15 is 0 Å². The van der Waals surface area contributed by atoms with Crippen LogP contribution in [0.5, 0.6) is 0 Å². The maximum atomic E-state index is 12.8. The van der Waals surface area contributed by atoms with Crippen LogP contribution in [0.4, 0.5) is 0 Å². The van der Waals surface area contributed by atoms with Crippen LogP contribution in [0.25, 0.3) is 0 Å². The monoisotopic (exact) mass is 464 g/mol. The van der Waals surface area contributed by atoms with Crippen molar-refractivity contribution >= 4 is 15.9 Å². The first-order valence-electron chi connectivity index (χ1n) is 12.0. The molecule has 2 heterocycles. The lowest BCUT2D eigenvalue weighted by molar-refractivity contribution is -0.122. The van der Waals surface area contributed by atoms with Crippen molar-refractivity contribution in [2.75, 3.05) is 58.9 Å². The number of carbonyl (C=O) groups excluding carboxylic acids is 1. The van der Waals surface area contributed by atoms with Crippen LogP contribution in [-0.2, 0) is 14.8 Å². The number of piperazine rings is 1. The number of likely N-dealkylation sites (tertiary alicyclic amines) is 1. The van der Waals surface area contributed by atoms with Gasteiger partial charge in [0, 0.05) is 45.8 Å². The number of aryl methyl sites for hydroxylation is 1. The van der Waals surface area contributed by atoms with E-state index in [-0.39, 0.29) is 5.91 Å². The smallest absolute Gasteiger partial charge is 0.243 e. The summed E-state index contributed by atoms with van der Waals surface area (Å²) in [6, 6.07) is 6.97. The Bertz CT molecular complexity index is 825. The minimum Gasteiger partial charge on any atom is -0.355 e. The summed E-state index contributed by atoms with van der Waals surface area (Å²) >= 11 is 0. The molecule has 32 heavy (non-hydrogen) atoms. The normalized spacial score (nSPS) is 23.8. The highest BCUT2D eigenvalue weighted by molar-refractivity contribution is 7.89. The Kier molecular flexibility index (Phi) is 9.11. The predicted octanol–water partition coefficient (Wildman–Crippen LogP) is 2.18. The van der Waals surface area contributed by atoms with Crippen LogP contribution in [0.15, 0.2) is 29.2 Å². The molecule has 1 N–H and O–H groups in total. The van der Waals surface area contributed by atoms with Gasteiger partial charge in [0.15, 0.2) is 0 Å². The largest absolute Gasteiger partial charge is 0.355 e. The van der Waals surface area contributed by atoms with Gasteiger partial charge in [0.25, 0.3) is 0 Å². The van der Waals surface area contributed by atoms with Crippen LogP contribution >= 0.6 is 0 Å². The van der Waals surface area contributed by atoms with E-state index in [9.17, 15) is 13.2 Å². The van der Waals surface area contributed by atoms with Crippen molar-refractivity contribution in [1.82, 2.24) is 19.4 Å². The number of amides is 1. The Morgan fingerprint density at radius 3 is 2.22 bits per heavy atom. The number of nitrogens with zero attached hydrogens (tertiary/aromatic N) is 3. The van der Waals surface area contributed by atoms with Gasteiger partial charge in [-0.25, -0.2) is 8.42 Å². The molecule has 0 spiro atoms. The number of carbonyl (C=O) groups is 1. The lowest BCUT2D eigenvalue weighted by atomic mass is 9.92. The van der Waals surface area contributed by atoms with Crippen LogP contribution in [0.1, 0.15) is 38.7 Å². The second kappa shape index (κ2) is 11.6. The Labute approximate surface area is 194 Å². The molecule has 1 aromatic carbocycles. The van der Waals surface area contributed by atoms with Gasteiger partial charge in [0.1, 0.15) is 0 Å². The molecule has 0 bridgehead atoms. The van der Waals surface area contributed by atoms with Gasteiger partial charge >= 0.3 is 0 Å². The Balaban J connectivity index is 1.31. The zero-order valence-electron chi connectivity index (χ0n) is 19.9. The average Bonchev–Trinajstić information content (AvgIpc) is 2.73. The molecule has 180 valence electrons. The lowest BCUT2D eigenvalue weighted by Crippen LogP contribution is -2.51. The quantitative estimate of drug-likeness (QED) is 0.567. The summed E-state index contributed by atoms with van der Waals surface area (Å²) in [5.41, 5.74) is 1.04. The van der Waals surface area contributed by atoms with Gasteiger partial charge in [-0.3, -0.25) is 9.69 Å². The summed E-state index contributed by atoms with van der Waals surface area (Å²) in [6.07, 6.45) is 3.43. The number of benzene rings is 1. The van der Waals surface area contributed by atoms with Crippen molar-refractivity contribution in [3.63, 3.8) is 0 Å². The van der Waals surface area contributed by atoms with Crippen molar-refractivity contribution in [2.24, 2.45) is 11.8 Å². The Morgan fingerprint density at radius 1 is 0.969 bits per heavy atom. The van der Waals surface area contributed by atoms with E-state index in [0.717, 1.165) is 36.8 Å². The third-order valence-electron chi connectivity index (χ3n) is 6.53. The number of hydrogen-bond donors (Lipinski definition) is 1. The van der Waals surface area contributed by atoms with Gasteiger partial charge in [0.2, 0.25) is 15.9 Å². The molecule has 2 saturated heterocycles. The van der Waals surface area contributed by atoms with Gasteiger partial charge in [-0.2, -0.15) is 4.31 Å². The van der Waals surface area contributed by atoms with Crippen LogP contribution < -0.4 is 5.32 Å². The SMILES string of the molecule is Cc1ccc(S(=O)(=O)N2CCN(CC(=O)NCCCCN3CC(C)CC(C)C3)CC2)cc1. The fourth-order valence-corrected chi connectivity index (χ4v) is 6.33. The van der Waals surface area contributed by atoms with Gasteiger partial charge in [-0.15, -0.1) is 0 Å². The highest BCUT2D eigenvalue weighted by Crippen LogP contribution is 2.21. The molecule has 2 fully saturated rings. The van der Waals surface area contributed by atoms with Gasteiger partial charge in [-0.1, -0.05) is 31.5 Å². The van der Waals surface area contributed by atoms with Crippen molar-refractivity contribution in [1.29, 1.82) is 0 Å². The van der Waals surface area contributed by atoms with E-state index in [1.807, 2.05) is 24.0 Å². The third-order valence-corrected chi connectivity index (χ3v) is 8.44. The minimum atomic E-state index is -3.47. The highest BCUT2D eigenvalue weighted by Gasteiger charge is 2.29. The van der Waals surface area contributed by atoms with E-state index in [2.05, 4.69) is 24.1 Å². The summed E-state index contributed by atoms with van der Waals surface area (Å²) in [5.74, 6) is 1.59. The molecule has 2 aliphatic rings. The zero-order valence-corrected chi connectivity index (χ0v) is 20.7. The van der Waals surface area contributed by atoms with Gasteiger partial charge in [0.05, 0.1) is 11.4 Å². The molecular formula is C24H40N4O3S. The van der Waals surface area contributed by atoms with Crippen LogP contribution in [0, 0.1) is 18.8 Å². The fraction of sp³-hybridized carbons (Fsp3) is 0.708. The third kappa shape index (κ3) is 7.27. The molecule has 7 nitrogen and oxygen atoms in total. The maximum absolute atomic E-state index is 12.8. The Morgan fingerprint density at radius 2 is 1.59 bits per heavy atom. The van der Waals surface area contributed by atoms with Gasteiger partial charge in [-0.05, 0) is 56.7 Å². The van der Waals surface area contributed by atoms with Crippen molar-refractivity contribution in [2.45, 2.75) is 44.9 Å². The zero-order chi connectivity index (χ0) is 23.1. The number of unbranched alkanes of at least 4 members (excludes halogenated alkanes) is 1. The average molecular weight is 465 g/mol. The summed E-state index contributed by atoms with van der Waals surface area (Å²) in [5, 5.41) is 3.03. The predicted molar refractivity (Wildman–Crippen MR) is 128 cm³/mol. The number of rotatable bonds is 9. The van der Waals surface area contributed by atoms with Crippen LogP contribution in [0.3, 0.4) is 0 Å². The first kappa shape index (κ1) is 25.1. The molecular weight excluding hydrogens is 424 g/mol. The molecule has 1 aromatic rings. The summed E-state index contributed by atoms with van der Waals surface area (Å²) < 4.78 is 27.1. The van der Waals surface area contributed by atoms with Crippen molar-refractivity contribution in [3.05, 3.63) is 29.8 Å². The van der Waals surface area contributed by atoms with E-state index in [4.69, 9.17) is 0 Å². The number of hydrogen-bond acceptors (Lipinski definition) is 5. The molecule has 0 aromatic heterocycles. The Hall–Kier alpha value is -1.48. The highest BCUT2D eigenvalue weighted by atomic mass is 32.2. The molecule has 0 aliphatic carbocycles. The molecule has 1 amide bonds. The fourth-order valence-electron chi connectivity index (χ4n) is 4.91. The first-order chi connectivity index (χ1) is 15.2. The van der Waals surface area contributed by atoms with Gasteiger partial charge < -0.3 is 10.2 Å². The summed E-state index contributed by atoms with van der Waals surface area (Å²) in [7, 11) is -3.47. The second-order valence-electron chi connectivity index (χ2n) is 9.76. The van der Waals surface area contributed by atoms with E-state index in [1.54, 1.807) is 12.1 Å². The molecule has 2 aliphatic heterocycles. The van der Waals surface area contributed by atoms with Crippen LogP contribution in [-0.4, -0.2) is 87.3 Å². The molecule has 0 saturated carbocycles. The number of sulfonamides is 1. The summed E-state index contributed by atoms with van der Waals surface area (Å²) in [4.78, 5) is 17.2. The topological polar surface area (TPSA) is 73.0 Å². The minimum absolute atomic E-state index is 0.0278. The molecule has 3 rings (SSSR count). The lowest BCUT2D eigenvalue weighted by Gasteiger charge is -2.35. The standard InChI is InChI=1S/C24H40N4O3S/c1-20-6-8-23(9-7-20)32(30,31)28-14-12-26(13-15-28)19-24(29)25-10-4-5-11-27-17-21(2)16-22(3)18-27/h6-9,21-22H,4-5,10-19H2,1-3H3,(H,25,29). The maximum Gasteiger partial charge on any atom is 0.243 e. The first-order valence-corrected chi connectivity index (χ1v) is 13.5. The number of piperidine rings is 1. The van der Waals surface area contributed by atoms with E-state index < -0.39 is 10.0 Å². The number of nitrogens with one attached hydrogen (secondary N) is 1.